The minimum absolute atomic E-state index is 0.00463. The van der Waals surface area contributed by atoms with Crippen LogP contribution >= 0.6 is 0 Å². The van der Waals surface area contributed by atoms with Crippen LogP contribution in [0.15, 0.2) is 0 Å². The van der Waals surface area contributed by atoms with Crippen molar-refractivity contribution in [3.63, 3.8) is 0 Å². The second kappa shape index (κ2) is 14.2. The zero-order valence-electron chi connectivity index (χ0n) is 9.48. The summed E-state index contributed by atoms with van der Waals surface area (Å²) < 4.78 is 0. The standard InChI is InChI=1S/C4H10N2.C3H8N2O2.CH6N2/c1-2-6-4-3-5-1;4-1-2(5)3(6)7;2-1-3/h5-6H,1-4H2;2H,1,4-5H2,(H,6,7);1-3H2. The van der Waals surface area contributed by atoms with Gasteiger partial charge in [0.05, 0.1) is 0 Å². The van der Waals surface area contributed by atoms with Crippen LogP contribution in [0.25, 0.3) is 0 Å². The maximum atomic E-state index is 9.73. The molecule has 0 radical (unpaired) electrons. The average Bonchev–Trinajstić information content (AvgIpc) is 2.32. The molecule has 1 heterocycles. The summed E-state index contributed by atoms with van der Waals surface area (Å²) in [7, 11) is 0. The van der Waals surface area contributed by atoms with Gasteiger partial charge < -0.3 is 38.7 Å². The molecule has 1 fully saturated rings. The number of carbonyl (C=O) groups is 1. The zero-order chi connectivity index (χ0) is 12.8. The van der Waals surface area contributed by atoms with E-state index in [9.17, 15) is 4.79 Å². The van der Waals surface area contributed by atoms with Crippen LogP contribution in [0.5, 0.6) is 0 Å². The Labute approximate surface area is 95.7 Å². The smallest absolute Gasteiger partial charge is 0.321 e. The number of carboxylic acids is 1. The van der Waals surface area contributed by atoms with E-state index in [1.165, 1.54) is 0 Å². The molecule has 11 N–H and O–H groups in total. The van der Waals surface area contributed by atoms with Gasteiger partial charge in [0.25, 0.3) is 0 Å². The summed E-state index contributed by atoms with van der Waals surface area (Å²) in [4.78, 5) is 9.73. The largest absolute Gasteiger partial charge is 0.480 e. The molecule has 0 spiro atoms. The van der Waals surface area contributed by atoms with Crippen LogP contribution in [-0.4, -0.2) is 56.5 Å². The molecule has 8 heteroatoms. The third-order valence-corrected chi connectivity index (χ3v) is 1.53. The lowest BCUT2D eigenvalue weighted by Gasteiger charge is -2.11. The molecular weight excluding hydrogens is 212 g/mol. The Balaban J connectivity index is 0. The SMILES string of the molecule is C1CNCCN1.NCC(N)C(=O)O.NCN. The molecule has 0 aliphatic carbocycles. The molecule has 0 aromatic carbocycles. The quantitative estimate of drug-likeness (QED) is 0.241. The molecule has 1 saturated heterocycles. The lowest BCUT2D eigenvalue weighted by Crippen LogP contribution is -2.39. The molecule has 0 aromatic heterocycles. The summed E-state index contributed by atoms with van der Waals surface area (Å²) in [6, 6.07) is -0.903. The highest BCUT2D eigenvalue weighted by Gasteiger charge is 2.05. The number of carboxylic acid groups (broad SMARTS) is 1. The minimum atomic E-state index is -1.05. The first-order chi connectivity index (χ1) is 7.59. The van der Waals surface area contributed by atoms with Crippen LogP contribution in [0.2, 0.25) is 0 Å². The van der Waals surface area contributed by atoms with Gasteiger partial charge in [0.1, 0.15) is 6.04 Å². The van der Waals surface area contributed by atoms with E-state index in [0.717, 1.165) is 26.2 Å². The van der Waals surface area contributed by atoms with Crippen molar-refractivity contribution >= 4 is 5.97 Å². The molecule has 0 amide bonds. The van der Waals surface area contributed by atoms with E-state index in [2.05, 4.69) is 22.1 Å². The molecule has 1 aliphatic heterocycles. The van der Waals surface area contributed by atoms with E-state index >= 15 is 0 Å². The van der Waals surface area contributed by atoms with Gasteiger partial charge in [0.15, 0.2) is 0 Å². The zero-order valence-corrected chi connectivity index (χ0v) is 9.48. The van der Waals surface area contributed by atoms with Gasteiger partial charge in [0.2, 0.25) is 0 Å². The van der Waals surface area contributed by atoms with E-state index < -0.39 is 12.0 Å². The minimum Gasteiger partial charge on any atom is -0.480 e. The molecule has 98 valence electrons. The van der Waals surface area contributed by atoms with Crippen LogP contribution in [0.1, 0.15) is 0 Å². The predicted molar refractivity (Wildman–Crippen MR) is 63.6 cm³/mol. The lowest BCUT2D eigenvalue weighted by molar-refractivity contribution is -0.138. The van der Waals surface area contributed by atoms with Crippen molar-refractivity contribution in [3.05, 3.63) is 0 Å². The molecule has 0 bridgehead atoms. The predicted octanol–water partition coefficient (Wildman–Crippen LogP) is -3.60. The van der Waals surface area contributed by atoms with Crippen LogP contribution in [-0.2, 0) is 4.79 Å². The van der Waals surface area contributed by atoms with Crippen LogP contribution in [0.3, 0.4) is 0 Å². The van der Waals surface area contributed by atoms with Crippen molar-refractivity contribution in [3.8, 4) is 0 Å². The highest BCUT2D eigenvalue weighted by molar-refractivity contribution is 5.73. The first-order valence-electron chi connectivity index (χ1n) is 5.10. The Kier molecular flexibility index (Phi) is 15.7. The van der Waals surface area contributed by atoms with Crippen LogP contribution in [0.4, 0.5) is 0 Å². The highest BCUT2D eigenvalue weighted by Crippen LogP contribution is 1.68. The Bertz CT molecular complexity index is 142. The fourth-order valence-corrected chi connectivity index (χ4v) is 0.704. The monoisotopic (exact) mass is 236 g/mol. The first-order valence-corrected chi connectivity index (χ1v) is 5.10. The number of hydrogen-bond donors (Lipinski definition) is 7. The summed E-state index contributed by atoms with van der Waals surface area (Å²) >= 11 is 0. The maximum Gasteiger partial charge on any atom is 0.321 e. The van der Waals surface area contributed by atoms with Gasteiger partial charge in [-0.1, -0.05) is 0 Å². The normalized spacial score (nSPS) is 16.0. The Morgan fingerprint density at radius 3 is 1.50 bits per heavy atom. The van der Waals surface area contributed by atoms with Crippen molar-refractivity contribution < 1.29 is 9.90 Å². The van der Waals surface area contributed by atoms with Gasteiger partial charge in [-0.15, -0.1) is 0 Å². The fraction of sp³-hybridized carbons (Fsp3) is 0.875. The summed E-state index contributed by atoms with van der Waals surface area (Å²) in [6.45, 7) is 4.80. The highest BCUT2D eigenvalue weighted by atomic mass is 16.4. The Morgan fingerprint density at radius 1 is 1.12 bits per heavy atom. The van der Waals surface area contributed by atoms with E-state index in [0.29, 0.717) is 0 Å². The summed E-state index contributed by atoms with van der Waals surface area (Å²) in [5.41, 5.74) is 19.0. The topological polar surface area (TPSA) is 165 Å². The number of aliphatic carboxylic acids is 1. The average molecular weight is 236 g/mol. The number of hydrogen-bond acceptors (Lipinski definition) is 7. The molecule has 0 aromatic rings. The summed E-state index contributed by atoms with van der Waals surface area (Å²) in [6.07, 6.45) is 0. The van der Waals surface area contributed by atoms with E-state index in [1.54, 1.807) is 0 Å². The fourth-order valence-electron chi connectivity index (χ4n) is 0.704. The first kappa shape index (κ1) is 17.6. The third kappa shape index (κ3) is 15.7. The molecule has 1 rings (SSSR count). The van der Waals surface area contributed by atoms with Crippen LogP contribution < -0.4 is 33.6 Å². The van der Waals surface area contributed by atoms with Gasteiger partial charge in [-0.05, 0) is 0 Å². The van der Waals surface area contributed by atoms with Crippen molar-refractivity contribution in [1.29, 1.82) is 0 Å². The molecular formula is C8H24N6O2. The van der Waals surface area contributed by atoms with Gasteiger partial charge >= 0.3 is 5.97 Å². The number of nitrogens with one attached hydrogen (secondary N) is 2. The van der Waals surface area contributed by atoms with Gasteiger partial charge in [-0.2, -0.15) is 0 Å². The van der Waals surface area contributed by atoms with Crippen molar-refractivity contribution in [2.24, 2.45) is 22.9 Å². The second-order valence-electron chi connectivity index (χ2n) is 2.92. The van der Waals surface area contributed by atoms with E-state index in [1.807, 2.05) is 0 Å². The van der Waals surface area contributed by atoms with Gasteiger partial charge in [-0.3, -0.25) is 4.79 Å². The number of piperazine rings is 1. The third-order valence-electron chi connectivity index (χ3n) is 1.53. The molecule has 1 unspecified atom stereocenters. The molecule has 16 heavy (non-hydrogen) atoms. The number of rotatable bonds is 2. The summed E-state index contributed by atoms with van der Waals surface area (Å²) in [5.74, 6) is -1.05. The van der Waals surface area contributed by atoms with Crippen molar-refractivity contribution in [1.82, 2.24) is 10.6 Å². The van der Waals surface area contributed by atoms with Gasteiger partial charge in [0, 0.05) is 39.4 Å². The van der Waals surface area contributed by atoms with E-state index in [-0.39, 0.29) is 13.2 Å². The lowest BCUT2D eigenvalue weighted by atomic mass is 10.3. The van der Waals surface area contributed by atoms with Crippen LogP contribution in [0, 0.1) is 0 Å². The maximum absolute atomic E-state index is 9.73. The Hall–Kier alpha value is -0.770. The number of nitrogens with two attached hydrogens (primary N) is 4. The molecule has 1 aliphatic rings. The second-order valence-corrected chi connectivity index (χ2v) is 2.92. The molecule has 0 saturated carbocycles. The summed E-state index contributed by atoms with van der Waals surface area (Å²) in [5, 5.41) is 14.4. The van der Waals surface area contributed by atoms with Crippen molar-refractivity contribution in [2.75, 3.05) is 39.4 Å². The molecule has 8 nitrogen and oxygen atoms in total. The van der Waals surface area contributed by atoms with Gasteiger partial charge in [-0.25, -0.2) is 0 Å². The molecule has 1 atom stereocenters. The Morgan fingerprint density at radius 2 is 1.44 bits per heavy atom. The van der Waals surface area contributed by atoms with E-state index in [4.69, 9.17) is 16.6 Å². The van der Waals surface area contributed by atoms with Crippen molar-refractivity contribution in [2.45, 2.75) is 6.04 Å².